The summed E-state index contributed by atoms with van der Waals surface area (Å²) >= 11 is 1.25. The van der Waals surface area contributed by atoms with Crippen LogP contribution in [0.15, 0.2) is 48.5 Å². The highest BCUT2D eigenvalue weighted by Gasteiger charge is 2.18. The molecule has 130 valence electrons. The summed E-state index contributed by atoms with van der Waals surface area (Å²) in [4.78, 5) is 16.9. The van der Waals surface area contributed by atoms with Crippen molar-refractivity contribution in [1.82, 2.24) is 4.98 Å². The normalized spacial score (nSPS) is 10.2. The van der Waals surface area contributed by atoms with Gasteiger partial charge in [0.2, 0.25) is 0 Å². The molecule has 3 rings (SSSR count). The van der Waals surface area contributed by atoms with Gasteiger partial charge >= 0.3 is 5.97 Å². The van der Waals surface area contributed by atoms with E-state index in [2.05, 4.69) is 11.1 Å². The first-order valence-corrected chi connectivity index (χ1v) is 8.86. The molecule has 0 unspecified atom stereocenters. The van der Waals surface area contributed by atoms with Crippen molar-refractivity contribution in [3.05, 3.63) is 64.7 Å². The summed E-state index contributed by atoms with van der Waals surface area (Å²) in [5.74, 6) is 0.756. The maximum absolute atomic E-state index is 12.0. The molecule has 1 aromatic heterocycles. The number of para-hydroxylation sites is 1. The Hall–Kier alpha value is -3.17. The average Bonchev–Trinajstić information content (AvgIpc) is 3.05. The highest BCUT2D eigenvalue weighted by Crippen LogP contribution is 2.33. The Balaban J connectivity index is 1.92. The summed E-state index contributed by atoms with van der Waals surface area (Å²) in [6.45, 7) is 3.85. The molecule has 0 N–H and O–H groups in total. The molecular weight excluding hydrogens is 348 g/mol. The quantitative estimate of drug-likeness (QED) is 0.598. The van der Waals surface area contributed by atoms with Gasteiger partial charge in [-0.3, -0.25) is 0 Å². The maximum Gasteiger partial charge on any atom is 0.350 e. The third-order valence-electron chi connectivity index (χ3n) is 3.58. The van der Waals surface area contributed by atoms with Crippen LogP contribution in [0.2, 0.25) is 0 Å². The number of hydrogen-bond acceptors (Lipinski definition) is 6. The molecule has 0 fully saturated rings. The van der Waals surface area contributed by atoms with Crippen LogP contribution >= 0.6 is 11.3 Å². The van der Waals surface area contributed by atoms with Crippen LogP contribution in [-0.2, 0) is 4.74 Å². The topological polar surface area (TPSA) is 72.2 Å². The number of aromatic nitrogens is 1. The van der Waals surface area contributed by atoms with Gasteiger partial charge in [-0.1, -0.05) is 18.2 Å². The van der Waals surface area contributed by atoms with E-state index in [0.29, 0.717) is 39.2 Å². The van der Waals surface area contributed by atoms with Crippen LogP contribution < -0.4 is 4.74 Å². The molecule has 0 aliphatic heterocycles. The number of carbonyl (C=O) groups excluding carboxylic acids is 1. The van der Waals surface area contributed by atoms with Crippen LogP contribution in [-0.4, -0.2) is 17.6 Å². The molecule has 6 heteroatoms. The third kappa shape index (κ3) is 3.73. The fourth-order valence-corrected chi connectivity index (χ4v) is 3.32. The fourth-order valence-electron chi connectivity index (χ4n) is 2.36. The second-order valence-corrected chi connectivity index (χ2v) is 6.39. The lowest BCUT2D eigenvalue weighted by Gasteiger charge is -2.08. The summed E-state index contributed by atoms with van der Waals surface area (Å²) in [5.41, 5.74) is 1.77. The first-order valence-electron chi connectivity index (χ1n) is 8.04. The second kappa shape index (κ2) is 7.81. The van der Waals surface area contributed by atoms with E-state index in [1.165, 1.54) is 11.3 Å². The van der Waals surface area contributed by atoms with Crippen LogP contribution in [0.1, 0.15) is 27.9 Å². The van der Waals surface area contributed by atoms with E-state index in [-0.39, 0.29) is 5.97 Å². The molecule has 5 nitrogen and oxygen atoms in total. The van der Waals surface area contributed by atoms with Crippen molar-refractivity contribution in [2.45, 2.75) is 13.8 Å². The first kappa shape index (κ1) is 17.6. The minimum absolute atomic E-state index is 0.315. The van der Waals surface area contributed by atoms with Gasteiger partial charge < -0.3 is 9.47 Å². The van der Waals surface area contributed by atoms with Gasteiger partial charge in [-0.15, -0.1) is 11.3 Å². The van der Waals surface area contributed by atoms with E-state index in [9.17, 15) is 10.1 Å². The number of ether oxygens (including phenoxy) is 2. The van der Waals surface area contributed by atoms with E-state index in [1.807, 2.05) is 36.4 Å². The van der Waals surface area contributed by atoms with Crippen LogP contribution in [0.5, 0.6) is 11.5 Å². The summed E-state index contributed by atoms with van der Waals surface area (Å²) in [6, 6.07) is 16.7. The Morgan fingerprint density at radius 3 is 2.69 bits per heavy atom. The zero-order chi connectivity index (χ0) is 18.5. The molecular formula is C20H16N2O3S. The van der Waals surface area contributed by atoms with Gasteiger partial charge in [-0.2, -0.15) is 5.26 Å². The van der Waals surface area contributed by atoms with Crippen molar-refractivity contribution < 1.29 is 14.3 Å². The lowest BCUT2D eigenvalue weighted by Crippen LogP contribution is -2.03. The van der Waals surface area contributed by atoms with Crippen LogP contribution in [0.3, 0.4) is 0 Å². The number of nitrogens with zero attached hydrogens (tertiary/aromatic N) is 2. The Labute approximate surface area is 155 Å². The second-order valence-electron chi connectivity index (χ2n) is 5.39. The van der Waals surface area contributed by atoms with Crippen molar-refractivity contribution in [1.29, 1.82) is 5.26 Å². The zero-order valence-corrected chi connectivity index (χ0v) is 15.2. The lowest BCUT2D eigenvalue weighted by molar-refractivity contribution is 0.0531. The average molecular weight is 364 g/mol. The van der Waals surface area contributed by atoms with Crippen molar-refractivity contribution in [2.24, 2.45) is 0 Å². The molecule has 0 spiro atoms. The zero-order valence-electron chi connectivity index (χ0n) is 14.4. The van der Waals surface area contributed by atoms with Gasteiger partial charge in [0.25, 0.3) is 0 Å². The van der Waals surface area contributed by atoms with E-state index in [1.54, 1.807) is 26.0 Å². The molecule has 0 aliphatic carbocycles. The van der Waals surface area contributed by atoms with E-state index < -0.39 is 0 Å². The van der Waals surface area contributed by atoms with Crippen LogP contribution in [0, 0.1) is 18.3 Å². The molecule has 0 saturated heterocycles. The Kier molecular flexibility index (Phi) is 5.30. The van der Waals surface area contributed by atoms with Gasteiger partial charge in [-0.25, -0.2) is 9.78 Å². The van der Waals surface area contributed by atoms with E-state index in [4.69, 9.17) is 9.47 Å². The van der Waals surface area contributed by atoms with Gasteiger partial charge in [0.1, 0.15) is 27.5 Å². The van der Waals surface area contributed by atoms with Gasteiger partial charge in [-0.05, 0) is 44.2 Å². The summed E-state index contributed by atoms with van der Waals surface area (Å²) in [7, 11) is 0. The number of hydrogen-bond donors (Lipinski definition) is 0. The highest BCUT2D eigenvalue weighted by atomic mass is 32.1. The fraction of sp³-hybridized carbons (Fsp3) is 0.150. The summed E-state index contributed by atoms with van der Waals surface area (Å²) < 4.78 is 10.8. The van der Waals surface area contributed by atoms with Crippen LogP contribution in [0.4, 0.5) is 0 Å². The number of carbonyl (C=O) groups is 1. The summed E-state index contributed by atoms with van der Waals surface area (Å²) in [6.07, 6.45) is 0. The number of rotatable bonds is 5. The number of esters is 1. The minimum Gasteiger partial charge on any atom is -0.462 e. The van der Waals surface area contributed by atoms with Crippen molar-refractivity contribution in [3.63, 3.8) is 0 Å². The molecule has 0 saturated carbocycles. The lowest BCUT2D eigenvalue weighted by atomic mass is 10.1. The SMILES string of the molecule is CCOC(=O)c1sc(-c2ccc(Oc3ccccc3)c(C#N)c2)nc1C. The van der Waals surface area contributed by atoms with Gasteiger partial charge in [0.05, 0.1) is 17.9 Å². The number of benzene rings is 2. The summed E-state index contributed by atoms with van der Waals surface area (Å²) in [5, 5.41) is 10.1. The molecule has 3 aromatic rings. The maximum atomic E-state index is 12.0. The predicted octanol–water partition coefficient (Wildman–Crippen LogP) is 4.96. The minimum atomic E-state index is -0.377. The van der Waals surface area contributed by atoms with E-state index in [0.717, 1.165) is 5.56 Å². The molecule has 0 aliphatic rings. The highest BCUT2D eigenvalue weighted by molar-refractivity contribution is 7.17. The largest absolute Gasteiger partial charge is 0.462 e. The number of thiazole rings is 1. The van der Waals surface area contributed by atoms with E-state index >= 15 is 0 Å². The van der Waals surface area contributed by atoms with Crippen LogP contribution in [0.25, 0.3) is 10.6 Å². The number of nitriles is 1. The Morgan fingerprint density at radius 1 is 1.23 bits per heavy atom. The third-order valence-corrected chi connectivity index (χ3v) is 4.76. The smallest absolute Gasteiger partial charge is 0.350 e. The molecule has 0 atom stereocenters. The first-order chi connectivity index (χ1) is 12.6. The Bertz CT molecular complexity index is 974. The predicted molar refractivity (Wildman–Crippen MR) is 99.5 cm³/mol. The molecule has 26 heavy (non-hydrogen) atoms. The molecule has 0 amide bonds. The van der Waals surface area contributed by atoms with Crippen molar-refractivity contribution in [3.8, 4) is 28.1 Å². The van der Waals surface area contributed by atoms with Gasteiger partial charge in [0.15, 0.2) is 0 Å². The molecule has 1 heterocycles. The van der Waals surface area contributed by atoms with Crippen molar-refractivity contribution in [2.75, 3.05) is 6.61 Å². The van der Waals surface area contributed by atoms with Gasteiger partial charge in [0, 0.05) is 5.56 Å². The standard InChI is InChI=1S/C20H16N2O3S/c1-3-24-20(23)18-13(2)22-19(26-18)14-9-10-17(15(11-14)12-21)25-16-7-5-4-6-8-16/h4-11H,3H2,1-2H3. The number of aryl methyl sites for hydroxylation is 1. The Morgan fingerprint density at radius 2 is 2.00 bits per heavy atom. The molecule has 0 bridgehead atoms. The molecule has 2 aromatic carbocycles. The monoisotopic (exact) mass is 364 g/mol. The van der Waals surface area contributed by atoms with Crippen molar-refractivity contribution >= 4 is 17.3 Å². The molecule has 0 radical (unpaired) electrons.